The third kappa shape index (κ3) is 27.0. The molecule has 0 saturated carbocycles. The van der Waals surface area contributed by atoms with Gasteiger partial charge in [0.1, 0.15) is 0 Å². The van der Waals surface area contributed by atoms with Gasteiger partial charge in [0.2, 0.25) is 11.8 Å². The Kier molecular flexibility index (Phi) is 28.7. The number of carbonyl (C=O) groups is 4. The summed E-state index contributed by atoms with van der Waals surface area (Å²) in [6, 6.07) is 0. The molecule has 270 valence electrons. The van der Waals surface area contributed by atoms with Gasteiger partial charge in [0.15, 0.2) is 0 Å². The maximum Gasteiger partial charge on any atom is 0.317 e. The van der Waals surface area contributed by atoms with Crippen molar-refractivity contribution >= 4 is 23.8 Å². The zero-order valence-electron chi connectivity index (χ0n) is 30.1. The zero-order chi connectivity index (χ0) is 34.4. The normalized spacial score (nSPS) is 11.3. The zero-order valence-corrected chi connectivity index (χ0v) is 30.1. The molecule has 46 heavy (non-hydrogen) atoms. The van der Waals surface area contributed by atoms with E-state index in [2.05, 4.69) is 13.8 Å². The first-order valence-electron chi connectivity index (χ1n) is 18.5. The number of hydrogen-bond donors (Lipinski definition) is 2. The molecule has 10 nitrogen and oxygen atoms in total. The minimum absolute atomic E-state index is 0.0614. The summed E-state index contributed by atoms with van der Waals surface area (Å²) in [5.41, 5.74) is 0. The van der Waals surface area contributed by atoms with Crippen LogP contribution in [0.4, 0.5) is 0 Å². The van der Waals surface area contributed by atoms with Crippen molar-refractivity contribution in [1.82, 2.24) is 19.6 Å². The molecule has 0 unspecified atom stereocenters. The van der Waals surface area contributed by atoms with Gasteiger partial charge in [-0.1, -0.05) is 129 Å². The lowest BCUT2D eigenvalue weighted by molar-refractivity contribution is -0.142. The second kappa shape index (κ2) is 30.2. The average Bonchev–Trinajstić information content (AvgIpc) is 3.00. The minimum Gasteiger partial charge on any atom is -0.480 e. The molecule has 0 saturated heterocycles. The molecular formula is C36H70N4O6. The lowest BCUT2D eigenvalue weighted by atomic mass is 10.1. The van der Waals surface area contributed by atoms with Crippen molar-refractivity contribution in [2.45, 2.75) is 142 Å². The number of rotatable bonds is 33. The predicted octanol–water partition coefficient (Wildman–Crippen LogP) is 6.52. The van der Waals surface area contributed by atoms with Crippen LogP contribution in [0.1, 0.15) is 142 Å². The summed E-state index contributed by atoms with van der Waals surface area (Å²) in [5.74, 6) is -2.42. The molecule has 2 N–H and O–H groups in total. The van der Waals surface area contributed by atoms with E-state index in [1.54, 1.807) is 23.9 Å². The first-order valence-corrected chi connectivity index (χ1v) is 18.5. The fraction of sp³-hybridized carbons (Fsp3) is 0.889. The summed E-state index contributed by atoms with van der Waals surface area (Å²) in [6.07, 6.45) is 24.3. The minimum atomic E-state index is -1.05. The lowest BCUT2D eigenvalue weighted by Gasteiger charge is -2.28. The summed E-state index contributed by atoms with van der Waals surface area (Å²) < 4.78 is 0. The SMILES string of the molecule is CCCCCCCCCCCCN(C)C(=O)CN(CCN(CC(=O)O)CC(=O)N(C)CCCCCCCCCCCC)CC(=O)O. The molecule has 0 aliphatic heterocycles. The van der Waals surface area contributed by atoms with E-state index < -0.39 is 11.9 Å². The first-order chi connectivity index (χ1) is 22.1. The van der Waals surface area contributed by atoms with E-state index in [-0.39, 0.29) is 51.1 Å². The maximum atomic E-state index is 12.9. The molecule has 0 rings (SSSR count). The Balaban J connectivity index is 4.53. The quantitative estimate of drug-likeness (QED) is 0.0768. The molecule has 0 aromatic heterocycles. The molecule has 2 amide bonds. The Morgan fingerprint density at radius 2 is 0.652 bits per heavy atom. The highest BCUT2D eigenvalue weighted by molar-refractivity contribution is 5.79. The van der Waals surface area contributed by atoms with Crippen molar-refractivity contribution < 1.29 is 29.4 Å². The number of hydrogen-bond acceptors (Lipinski definition) is 6. The monoisotopic (exact) mass is 655 g/mol. The van der Waals surface area contributed by atoms with Crippen LogP contribution >= 0.6 is 0 Å². The van der Waals surface area contributed by atoms with Crippen molar-refractivity contribution in [3.8, 4) is 0 Å². The van der Waals surface area contributed by atoms with Crippen LogP contribution in [0, 0.1) is 0 Å². The summed E-state index contributed by atoms with van der Waals surface area (Å²) in [4.78, 5) is 55.1. The van der Waals surface area contributed by atoms with Crippen LogP contribution in [0.25, 0.3) is 0 Å². The van der Waals surface area contributed by atoms with Gasteiger partial charge >= 0.3 is 11.9 Å². The summed E-state index contributed by atoms with van der Waals surface area (Å²) in [7, 11) is 3.49. The van der Waals surface area contributed by atoms with Gasteiger partial charge < -0.3 is 20.0 Å². The van der Waals surface area contributed by atoms with Crippen LogP contribution in [0.3, 0.4) is 0 Å². The fourth-order valence-corrected chi connectivity index (χ4v) is 5.64. The van der Waals surface area contributed by atoms with Crippen LogP contribution in [0.2, 0.25) is 0 Å². The fourth-order valence-electron chi connectivity index (χ4n) is 5.64. The Hall–Kier alpha value is -2.20. The van der Waals surface area contributed by atoms with E-state index in [1.807, 2.05) is 0 Å². The van der Waals surface area contributed by atoms with Gasteiger partial charge in [-0.3, -0.25) is 29.0 Å². The highest BCUT2D eigenvalue weighted by atomic mass is 16.4. The number of aliphatic carboxylic acids is 2. The highest BCUT2D eigenvalue weighted by Crippen LogP contribution is 2.12. The Bertz CT molecular complexity index is 732. The number of likely N-dealkylation sites (N-methyl/N-ethyl adjacent to an activating group) is 2. The molecule has 0 radical (unpaired) electrons. The second-order valence-corrected chi connectivity index (χ2v) is 13.2. The van der Waals surface area contributed by atoms with Crippen molar-refractivity contribution in [1.29, 1.82) is 0 Å². The van der Waals surface area contributed by atoms with Crippen molar-refractivity contribution in [2.24, 2.45) is 0 Å². The smallest absolute Gasteiger partial charge is 0.317 e. The molecule has 0 heterocycles. The number of carboxylic acid groups (broad SMARTS) is 2. The Morgan fingerprint density at radius 3 is 0.913 bits per heavy atom. The standard InChI is InChI=1S/C36H70N4O6/c1-5-7-9-11-13-15-17-19-21-23-25-37(3)33(41)29-39(31-35(43)44)27-28-40(32-36(45)46)30-34(42)38(4)26-24-22-20-18-16-14-12-10-8-6-2/h5-32H2,1-4H3,(H,43,44)(H,45,46). The molecule has 0 aromatic carbocycles. The number of carbonyl (C=O) groups excluding carboxylic acids is 2. The molecule has 0 bridgehead atoms. The molecule has 0 spiro atoms. The molecule has 0 atom stereocenters. The third-order valence-electron chi connectivity index (χ3n) is 8.71. The number of nitrogens with zero attached hydrogens (tertiary/aromatic N) is 4. The topological polar surface area (TPSA) is 122 Å². The third-order valence-corrected chi connectivity index (χ3v) is 8.71. The second-order valence-electron chi connectivity index (χ2n) is 13.2. The van der Waals surface area contributed by atoms with Crippen LogP contribution in [0.5, 0.6) is 0 Å². The molecule has 0 aromatic rings. The largest absolute Gasteiger partial charge is 0.480 e. The van der Waals surface area contributed by atoms with Gasteiger partial charge in [0.25, 0.3) is 0 Å². The van der Waals surface area contributed by atoms with E-state index in [4.69, 9.17) is 0 Å². The van der Waals surface area contributed by atoms with Gasteiger partial charge in [0, 0.05) is 40.3 Å². The van der Waals surface area contributed by atoms with Gasteiger partial charge in [-0.25, -0.2) is 0 Å². The molecular weight excluding hydrogens is 584 g/mol. The Labute approximate surface area is 281 Å². The van der Waals surface area contributed by atoms with Crippen molar-refractivity contribution in [3.05, 3.63) is 0 Å². The molecule has 0 aliphatic rings. The van der Waals surface area contributed by atoms with Crippen LogP contribution in [-0.4, -0.2) is 120 Å². The van der Waals surface area contributed by atoms with Gasteiger partial charge in [-0.2, -0.15) is 0 Å². The highest BCUT2D eigenvalue weighted by Gasteiger charge is 2.21. The van der Waals surface area contributed by atoms with E-state index in [9.17, 15) is 29.4 Å². The molecule has 0 fully saturated rings. The van der Waals surface area contributed by atoms with Crippen LogP contribution in [-0.2, 0) is 19.2 Å². The van der Waals surface area contributed by atoms with Crippen LogP contribution in [0.15, 0.2) is 0 Å². The van der Waals surface area contributed by atoms with Crippen molar-refractivity contribution in [3.63, 3.8) is 0 Å². The Morgan fingerprint density at radius 1 is 0.391 bits per heavy atom. The summed E-state index contributed by atoms with van der Waals surface area (Å²) in [5, 5.41) is 18.9. The van der Waals surface area contributed by atoms with E-state index in [1.165, 1.54) is 99.7 Å². The summed E-state index contributed by atoms with van der Waals surface area (Å²) >= 11 is 0. The summed E-state index contributed by atoms with van der Waals surface area (Å²) in [6.45, 7) is 5.28. The van der Waals surface area contributed by atoms with Crippen molar-refractivity contribution in [2.75, 3.05) is 66.5 Å². The molecule has 0 aliphatic carbocycles. The van der Waals surface area contributed by atoms with E-state index in [0.717, 1.165) is 38.5 Å². The average molecular weight is 655 g/mol. The van der Waals surface area contributed by atoms with Gasteiger partial charge in [0.05, 0.1) is 26.2 Å². The first kappa shape index (κ1) is 43.8. The number of carboxylic acids is 2. The predicted molar refractivity (Wildman–Crippen MR) is 187 cm³/mol. The molecule has 10 heteroatoms. The lowest BCUT2D eigenvalue weighted by Crippen LogP contribution is -2.47. The van der Waals surface area contributed by atoms with Gasteiger partial charge in [-0.05, 0) is 12.8 Å². The van der Waals surface area contributed by atoms with Crippen LogP contribution < -0.4 is 0 Å². The number of unbranched alkanes of at least 4 members (excludes halogenated alkanes) is 18. The number of amides is 2. The maximum absolute atomic E-state index is 12.9. The van der Waals surface area contributed by atoms with E-state index >= 15 is 0 Å². The van der Waals surface area contributed by atoms with E-state index in [0.29, 0.717) is 13.1 Å². The van der Waals surface area contributed by atoms with Gasteiger partial charge in [-0.15, -0.1) is 0 Å².